The highest BCUT2D eigenvalue weighted by Gasteiger charge is 2.15. The molecule has 4 aromatic rings. The maximum atomic E-state index is 4.82. The van der Waals surface area contributed by atoms with Gasteiger partial charge in [0, 0.05) is 49.1 Å². The number of thiophene rings is 1. The van der Waals surface area contributed by atoms with Gasteiger partial charge in [-0.05, 0) is 61.3 Å². The summed E-state index contributed by atoms with van der Waals surface area (Å²) in [5, 5.41) is 6.57. The Morgan fingerprint density at radius 3 is 2.55 bits per heavy atom. The number of anilines is 3. The van der Waals surface area contributed by atoms with Gasteiger partial charge in [0.15, 0.2) is 0 Å². The summed E-state index contributed by atoms with van der Waals surface area (Å²) in [7, 11) is 2.18. The number of nitrogens with one attached hydrogen (secondary N) is 2. The summed E-state index contributed by atoms with van der Waals surface area (Å²) >= 11 is 1.71. The van der Waals surface area contributed by atoms with Crippen molar-refractivity contribution in [2.75, 3.05) is 43.4 Å². The van der Waals surface area contributed by atoms with Gasteiger partial charge in [-0.15, -0.1) is 11.3 Å². The molecule has 2 N–H and O–H groups in total. The first-order chi connectivity index (χ1) is 14.2. The van der Waals surface area contributed by atoms with Crippen LogP contribution in [0.2, 0.25) is 0 Å². The van der Waals surface area contributed by atoms with Crippen LogP contribution in [0.3, 0.4) is 0 Å². The Kier molecular flexibility index (Phi) is 4.69. The summed E-state index contributed by atoms with van der Waals surface area (Å²) in [4.78, 5) is 18.7. The van der Waals surface area contributed by atoms with Crippen LogP contribution in [0.4, 0.5) is 17.3 Å². The molecule has 1 aliphatic heterocycles. The van der Waals surface area contributed by atoms with Gasteiger partial charge in [-0.25, -0.2) is 4.98 Å². The summed E-state index contributed by atoms with van der Waals surface area (Å²) in [6, 6.07) is 12.8. The van der Waals surface area contributed by atoms with Crippen molar-refractivity contribution < 1.29 is 0 Å². The van der Waals surface area contributed by atoms with Crippen molar-refractivity contribution in [2.24, 2.45) is 0 Å². The zero-order valence-electron chi connectivity index (χ0n) is 16.6. The third kappa shape index (κ3) is 3.71. The second-order valence-corrected chi connectivity index (χ2v) is 8.50. The number of nitrogens with zero attached hydrogens (tertiary/aromatic N) is 4. The lowest BCUT2D eigenvalue weighted by atomic mass is 10.2. The molecule has 1 aromatic carbocycles. The normalized spacial score (nSPS) is 15.2. The molecule has 1 saturated heterocycles. The average Bonchev–Trinajstić information content (AvgIpc) is 3.37. The van der Waals surface area contributed by atoms with Crippen LogP contribution in [0.15, 0.2) is 48.0 Å². The van der Waals surface area contributed by atoms with Gasteiger partial charge >= 0.3 is 0 Å². The molecule has 0 bridgehead atoms. The van der Waals surface area contributed by atoms with Crippen molar-refractivity contribution in [3.63, 3.8) is 0 Å². The maximum Gasteiger partial charge on any atom is 0.229 e. The smallest absolute Gasteiger partial charge is 0.229 e. The Bertz CT molecular complexity index is 1120. The topological polar surface area (TPSA) is 60.1 Å². The molecule has 0 radical (unpaired) electrons. The summed E-state index contributed by atoms with van der Waals surface area (Å²) in [5.41, 5.74) is 5.31. The highest BCUT2D eigenvalue weighted by molar-refractivity contribution is 7.13. The van der Waals surface area contributed by atoms with Gasteiger partial charge in [0.05, 0.1) is 10.6 Å². The van der Waals surface area contributed by atoms with Crippen LogP contribution in [0.25, 0.3) is 21.6 Å². The molecule has 0 unspecified atom stereocenters. The molecule has 0 saturated carbocycles. The third-order valence-corrected chi connectivity index (χ3v) is 6.43. The van der Waals surface area contributed by atoms with E-state index in [2.05, 4.69) is 74.8 Å². The van der Waals surface area contributed by atoms with Crippen molar-refractivity contribution in [3.8, 4) is 10.6 Å². The Morgan fingerprint density at radius 1 is 1.03 bits per heavy atom. The van der Waals surface area contributed by atoms with Crippen LogP contribution in [-0.2, 0) is 0 Å². The average molecular weight is 405 g/mol. The molecular formula is C22H24N6S. The predicted octanol–water partition coefficient (Wildman–Crippen LogP) is 4.49. The molecule has 148 valence electrons. The molecule has 0 amide bonds. The maximum absolute atomic E-state index is 4.82. The lowest BCUT2D eigenvalue weighted by molar-refractivity contribution is 0.313. The number of aryl methyl sites for hydroxylation is 1. The van der Waals surface area contributed by atoms with Crippen molar-refractivity contribution in [1.82, 2.24) is 19.9 Å². The molecule has 29 heavy (non-hydrogen) atoms. The molecule has 1 fully saturated rings. The minimum Gasteiger partial charge on any atom is -0.369 e. The summed E-state index contributed by atoms with van der Waals surface area (Å²) in [6.45, 7) is 6.46. The van der Waals surface area contributed by atoms with E-state index in [-0.39, 0.29) is 0 Å². The molecular weight excluding hydrogens is 380 g/mol. The van der Waals surface area contributed by atoms with E-state index in [0.717, 1.165) is 53.5 Å². The highest BCUT2D eigenvalue weighted by Crippen LogP contribution is 2.32. The summed E-state index contributed by atoms with van der Waals surface area (Å²) in [6.07, 6.45) is 1.91. The standard InChI is InChI=1S/C22H24N6S/c1-15-13-19(29-14-15)20-18-7-8-23-21(18)26-22(25-20)24-16-3-5-17(6-4-16)28-11-9-27(2)10-12-28/h3-8,13-14H,9-12H2,1-2H3,(H2,23,24,25,26). The number of aromatic amines is 1. The van der Waals surface area contributed by atoms with Crippen molar-refractivity contribution >= 4 is 39.7 Å². The number of hydrogen-bond acceptors (Lipinski definition) is 6. The van der Waals surface area contributed by atoms with E-state index < -0.39 is 0 Å². The number of fused-ring (bicyclic) bond motifs is 1. The molecule has 3 aromatic heterocycles. The van der Waals surface area contributed by atoms with Gasteiger partial charge in [-0.2, -0.15) is 4.98 Å². The first-order valence-corrected chi connectivity index (χ1v) is 10.7. The molecule has 6 nitrogen and oxygen atoms in total. The monoisotopic (exact) mass is 404 g/mol. The van der Waals surface area contributed by atoms with E-state index in [4.69, 9.17) is 4.98 Å². The van der Waals surface area contributed by atoms with E-state index >= 15 is 0 Å². The van der Waals surface area contributed by atoms with Gasteiger partial charge in [0.25, 0.3) is 0 Å². The fourth-order valence-corrected chi connectivity index (χ4v) is 4.59. The summed E-state index contributed by atoms with van der Waals surface area (Å²) < 4.78 is 0. The second-order valence-electron chi connectivity index (χ2n) is 7.59. The fourth-order valence-electron chi connectivity index (χ4n) is 3.69. The first-order valence-electron chi connectivity index (χ1n) is 9.87. The van der Waals surface area contributed by atoms with E-state index in [1.165, 1.54) is 11.3 Å². The van der Waals surface area contributed by atoms with Crippen LogP contribution in [0.1, 0.15) is 5.56 Å². The number of benzene rings is 1. The Morgan fingerprint density at radius 2 is 1.83 bits per heavy atom. The molecule has 5 rings (SSSR count). The van der Waals surface area contributed by atoms with Crippen molar-refractivity contribution in [1.29, 1.82) is 0 Å². The van der Waals surface area contributed by atoms with Crippen LogP contribution >= 0.6 is 11.3 Å². The van der Waals surface area contributed by atoms with Crippen LogP contribution in [0.5, 0.6) is 0 Å². The zero-order valence-corrected chi connectivity index (χ0v) is 17.5. The number of H-pyrrole nitrogens is 1. The lowest BCUT2D eigenvalue weighted by Gasteiger charge is -2.34. The van der Waals surface area contributed by atoms with Gasteiger partial charge < -0.3 is 20.1 Å². The van der Waals surface area contributed by atoms with Gasteiger partial charge in [-0.3, -0.25) is 0 Å². The van der Waals surface area contributed by atoms with E-state index in [0.29, 0.717) is 5.95 Å². The third-order valence-electron chi connectivity index (χ3n) is 5.37. The van der Waals surface area contributed by atoms with Gasteiger partial charge in [0.2, 0.25) is 5.95 Å². The molecule has 4 heterocycles. The van der Waals surface area contributed by atoms with Crippen LogP contribution < -0.4 is 10.2 Å². The Labute approximate surface area is 174 Å². The minimum atomic E-state index is 0.605. The molecule has 7 heteroatoms. The second kappa shape index (κ2) is 7.50. The quantitative estimate of drug-likeness (QED) is 0.525. The van der Waals surface area contributed by atoms with Gasteiger partial charge in [0.1, 0.15) is 5.65 Å². The number of hydrogen-bond donors (Lipinski definition) is 2. The fraction of sp³-hybridized carbons (Fsp3) is 0.273. The van der Waals surface area contributed by atoms with E-state index in [1.807, 2.05) is 12.3 Å². The first kappa shape index (κ1) is 18.1. The molecule has 0 aliphatic carbocycles. The highest BCUT2D eigenvalue weighted by atomic mass is 32.1. The Hall–Kier alpha value is -2.90. The Balaban J connectivity index is 1.40. The van der Waals surface area contributed by atoms with E-state index in [1.54, 1.807) is 11.3 Å². The number of piperazine rings is 1. The van der Waals surface area contributed by atoms with Gasteiger partial charge in [-0.1, -0.05) is 0 Å². The number of aromatic nitrogens is 3. The van der Waals surface area contributed by atoms with Crippen molar-refractivity contribution in [3.05, 3.63) is 53.5 Å². The molecule has 0 atom stereocenters. The van der Waals surface area contributed by atoms with E-state index in [9.17, 15) is 0 Å². The lowest BCUT2D eigenvalue weighted by Crippen LogP contribution is -2.44. The molecule has 0 spiro atoms. The number of rotatable bonds is 4. The van der Waals surface area contributed by atoms with Crippen LogP contribution in [0, 0.1) is 6.92 Å². The number of likely N-dealkylation sites (N-methyl/N-ethyl adjacent to an activating group) is 1. The largest absolute Gasteiger partial charge is 0.369 e. The predicted molar refractivity (Wildman–Crippen MR) is 121 cm³/mol. The zero-order chi connectivity index (χ0) is 19.8. The van der Waals surface area contributed by atoms with Crippen molar-refractivity contribution in [2.45, 2.75) is 6.92 Å². The van der Waals surface area contributed by atoms with Crippen LogP contribution in [-0.4, -0.2) is 53.1 Å². The molecule has 1 aliphatic rings. The minimum absolute atomic E-state index is 0.605. The summed E-state index contributed by atoms with van der Waals surface area (Å²) in [5.74, 6) is 0.605. The SMILES string of the molecule is Cc1csc(-c2nc(Nc3ccc(N4CCN(C)CC4)cc3)nc3[nH]ccc23)c1.